The smallest absolute Gasteiger partial charge is 0.104 e. The van der Waals surface area contributed by atoms with E-state index in [9.17, 15) is 0 Å². The number of rotatable bonds is 5. The van der Waals surface area contributed by atoms with Crippen molar-refractivity contribution in [3.05, 3.63) is 66.5 Å². The largest absolute Gasteiger partial charge is 0.384 e. The molecule has 0 aliphatic carbocycles. The molecule has 0 saturated carbocycles. The molecule has 0 spiro atoms. The highest BCUT2D eigenvalue weighted by Crippen LogP contribution is 2.32. The molecule has 1 aromatic heterocycles. The topological polar surface area (TPSA) is 41.3 Å². The van der Waals surface area contributed by atoms with E-state index >= 15 is 0 Å². The third-order valence-electron chi connectivity index (χ3n) is 5.73. The van der Waals surface area contributed by atoms with Crippen molar-refractivity contribution in [3.63, 3.8) is 0 Å². The number of aliphatic hydroxyl groups is 1. The summed E-state index contributed by atoms with van der Waals surface area (Å²) in [5.74, 6) is 5.67. The zero-order valence-corrected chi connectivity index (χ0v) is 16.9. The Morgan fingerprint density at radius 3 is 2.55 bits per heavy atom. The van der Waals surface area contributed by atoms with Crippen LogP contribution in [0, 0.1) is 11.8 Å². The molecule has 4 heteroatoms. The molecule has 2 aromatic carbocycles. The summed E-state index contributed by atoms with van der Waals surface area (Å²) in [5, 5.41) is 8.91. The average Bonchev–Trinajstić information content (AvgIpc) is 3.37. The summed E-state index contributed by atoms with van der Waals surface area (Å²) >= 11 is 0. The Labute approximate surface area is 172 Å². The molecule has 0 bridgehead atoms. The Bertz CT molecular complexity index is 996. The number of likely N-dealkylation sites (tertiary alicyclic amines) is 1. The van der Waals surface area contributed by atoms with Gasteiger partial charge in [0.15, 0.2) is 0 Å². The van der Waals surface area contributed by atoms with Crippen LogP contribution in [0.2, 0.25) is 0 Å². The van der Waals surface area contributed by atoms with Crippen LogP contribution in [-0.2, 0) is 6.54 Å². The Hall–Kier alpha value is -2.87. The Kier molecular flexibility index (Phi) is 6.09. The minimum absolute atomic E-state index is 0.123. The van der Waals surface area contributed by atoms with Gasteiger partial charge in [0.25, 0.3) is 0 Å². The van der Waals surface area contributed by atoms with Crippen molar-refractivity contribution >= 4 is 0 Å². The van der Waals surface area contributed by atoms with Gasteiger partial charge in [0.05, 0.1) is 17.7 Å². The third kappa shape index (κ3) is 4.42. The number of hydrogen-bond acceptors (Lipinski definition) is 3. The second kappa shape index (κ2) is 9.09. The second-order valence-corrected chi connectivity index (χ2v) is 7.60. The van der Waals surface area contributed by atoms with E-state index in [0.29, 0.717) is 6.04 Å². The molecule has 1 unspecified atom stereocenters. The number of imidazole rings is 1. The molecule has 1 atom stereocenters. The number of benzene rings is 2. The van der Waals surface area contributed by atoms with Crippen molar-refractivity contribution < 1.29 is 5.11 Å². The Balaban J connectivity index is 1.67. The summed E-state index contributed by atoms with van der Waals surface area (Å²) in [5.41, 5.74) is 5.33. The predicted octanol–water partition coefficient (Wildman–Crippen LogP) is 4.05. The van der Waals surface area contributed by atoms with Crippen LogP contribution in [0.25, 0.3) is 22.5 Å². The molecule has 1 aliphatic rings. The van der Waals surface area contributed by atoms with E-state index in [4.69, 9.17) is 10.1 Å². The Morgan fingerprint density at radius 2 is 1.86 bits per heavy atom. The average molecular weight is 386 g/mol. The van der Waals surface area contributed by atoms with Gasteiger partial charge in [-0.3, -0.25) is 0 Å². The fourth-order valence-electron chi connectivity index (χ4n) is 4.15. The Morgan fingerprint density at radius 1 is 1.07 bits per heavy atom. The van der Waals surface area contributed by atoms with Crippen LogP contribution in [-0.4, -0.2) is 45.8 Å². The summed E-state index contributed by atoms with van der Waals surface area (Å²) in [6, 6.07) is 19.2. The van der Waals surface area contributed by atoms with Gasteiger partial charge < -0.3 is 14.6 Å². The first-order chi connectivity index (χ1) is 14.3. The first-order valence-corrected chi connectivity index (χ1v) is 10.3. The predicted molar refractivity (Wildman–Crippen MR) is 117 cm³/mol. The number of aliphatic hydroxyl groups excluding tert-OH is 1. The summed E-state index contributed by atoms with van der Waals surface area (Å²) in [4.78, 5) is 7.26. The van der Waals surface area contributed by atoms with E-state index in [-0.39, 0.29) is 6.61 Å². The molecule has 1 saturated heterocycles. The van der Waals surface area contributed by atoms with Crippen LogP contribution in [0.15, 0.2) is 60.9 Å². The van der Waals surface area contributed by atoms with Gasteiger partial charge in [-0.25, -0.2) is 4.98 Å². The van der Waals surface area contributed by atoms with E-state index in [1.807, 2.05) is 24.5 Å². The highest BCUT2D eigenvalue weighted by molar-refractivity contribution is 5.78. The van der Waals surface area contributed by atoms with Gasteiger partial charge >= 0.3 is 0 Å². The highest BCUT2D eigenvalue weighted by Gasteiger charge is 2.22. The van der Waals surface area contributed by atoms with Crippen LogP contribution < -0.4 is 0 Å². The molecule has 1 N–H and O–H groups in total. The summed E-state index contributed by atoms with van der Waals surface area (Å²) < 4.78 is 2.29. The van der Waals surface area contributed by atoms with Gasteiger partial charge in [-0.2, -0.15) is 0 Å². The maximum atomic E-state index is 8.91. The molecule has 1 fully saturated rings. The summed E-state index contributed by atoms with van der Waals surface area (Å²) in [6.45, 7) is 2.03. The van der Waals surface area contributed by atoms with Crippen LogP contribution >= 0.6 is 0 Å². The highest BCUT2D eigenvalue weighted by atomic mass is 16.2. The van der Waals surface area contributed by atoms with Gasteiger partial charge in [-0.15, -0.1) is 0 Å². The third-order valence-corrected chi connectivity index (χ3v) is 5.73. The summed E-state index contributed by atoms with van der Waals surface area (Å²) in [7, 11) is 2.23. The van der Waals surface area contributed by atoms with Gasteiger partial charge in [-0.05, 0) is 45.0 Å². The summed E-state index contributed by atoms with van der Waals surface area (Å²) in [6.07, 6.45) is 5.69. The van der Waals surface area contributed by atoms with Crippen LogP contribution in [0.4, 0.5) is 0 Å². The molecular weight excluding hydrogens is 358 g/mol. The van der Waals surface area contributed by atoms with Gasteiger partial charge in [-0.1, -0.05) is 54.3 Å². The first-order valence-electron chi connectivity index (χ1n) is 10.3. The quantitative estimate of drug-likeness (QED) is 0.674. The molecule has 0 amide bonds. The lowest BCUT2D eigenvalue weighted by Crippen LogP contribution is -2.26. The monoisotopic (exact) mass is 385 g/mol. The number of hydrogen-bond donors (Lipinski definition) is 1. The van der Waals surface area contributed by atoms with E-state index in [2.05, 4.69) is 64.8 Å². The van der Waals surface area contributed by atoms with Crippen LogP contribution in [0.5, 0.6) is 0 Å². The molecule has 4 rings (SSSR count). The maximum absolute atomic E-state index is 8.91. The minimum Gasteiger partial charge on any atom is -0.384 e. The van der Waals surface area contributed by atoms with E-state index in [1.54, 1.807) is 0 Å². The standard InChI is InChI=1S/C25H27N3O/c1-27-16-5-10-23(27)15-17-28-19-26-24(21-8-3-2-4-9-21)25(28)22-13-11-20(12-14-22)7-6-18-29/h2-4,8-9,11-14,19,23,29H,5,10,15-18H2,1H3. The lowest BCUT2D eigenvalue weighted by atomic mass is 10.0. The molecule has 2 heterocycles. The number of nitrogens with zero attached hydrogens (tertiary/aromatic N) is 3. The minimum atomic E-state index is -0.123. The van der Waals surface area contributed by atoms with E-state index < -0.39 is 0 Å². The lowest BCUT2D eigenvalue weighted by molar-refractivity contribution is 0.286. The fraction of sp³-hybridized carbons (Fsp3) is 0.320. The zero-order chi connectivity index (χ0) is 20.1. The molecule has 148 valence electrons. The lowest BCUT2D eigenvalue weighted by Gasteiger charge is -2.20. The first kappa shape index (κ1) is 19.4. The van der Waals surface area contributed by atoms with Gasteiger partial charge in [0.1, 0.15) is 6.61 Å². The van der Waals surface area contributed by atoms with Gasteiger partial charge in [0.2, 0.25) is 0 Å². The van der Waals surface area contributed by atoms with Crippen molar-refractivity contribution in [1.29, 1.82) is 0 Å². The van der Waals surface area contributed by atoms with Crippen molar-refractivity contribution in [1.82, 2.24) is 14.5 Å². The van der Waals surface area contributed by atoms with E-state index in [0.717, 1.165) is 41.0 Å². The zero-order valence-electron chi connectivity index (χ0n) is 16.9. The normalized spacial score (nSPS) is 16.6. The van der Waals surface area contributed by atoms with Crippen molar-refractivity contribution in [2.45, 2.75) is 31.8 Å². The molecule has 4 nitrogen and oxygen atoms in total. The molecule has 29 heavy (non-hydrogen) atoms. The number of aryl methyl sites for hydroxylation is 1. The SMILES string of the molecule is CN1CCCC1CCn1cnc(-c2ccccc2)c1-c1ccc(C#CCO)cc1. The number of aromatic nitrogens is 2. The van der Waals surface area contributed by atoms with Crippen molar-refractivity contribution in [2.24, 2.45) is 0 Å². The molecular formula is C25H27N3O. The maximum Gasteiger partial charge on any atom is 0.104 e. The van der Waals surface area contributed by atoms with Gasteiger partial charge in [0, 0.05) is 29.3 Å². The van der Waals surface area contributed by atoms with Crippen molar-refractivity contribution in [2.75, 3.05) is 20.2 Å². The fourth-order valence-corrected chi connectivity index (χ4v) is 4.15. The van der Waals surface area contributed by atoms with Crippen molar-refractivity contribution in [3.8, 4) is 34.4 Å². The second-order valence-electron chi connectivity index (χ2n) is 7.60. The van der Waals surface area contributed by atoms with Crippen LogP contribution in [0.1, 0.15) is 24.8 Å². The molecule has 3 aromatic rings. The van der Waals surface area contributed by atoms with E-state index in [1.165, 1.54) is 19.4 Å². The molecule has 1 aliphatic heterocycles. The molecule has 0 radical (unpaired) electrons. The van der Waals surface area contributed by atoms with Crippen LogP contribution in [0.3, 0.4) is 0 Å².